The summed E-state index contributed by atoms with van der Waals surface area (Å²) < 4.78 is 0. The average Bonchev–Trinajstić information content (AvgIpc) is 2.45. The zero-order valence-corrected chi connectivity index (χ0v) is 13.7. The van der Waals surface area contributed by atoms with E-state index in [0.29, 0.717) is 19.4 Å². The van der Waals surface area contributed by atoms with Crippen molar-refractivity contribution in [1.29, 1.82) is 0 Å². The number of nitrogens with one attached hydrogen (secondary N) is 1. The first-order valence-corrected chi connectivity index (χ1v) is 7.73. The van der Waals surface area contributed by atoms with Crippen molar-refractivity contribution in [1.82, 2.24) is 15.1 Å². The van der Waals surface area contributed by atoms with Crippen LogP contribution in [0.15, 0.2) is 0 Å². The van der Waals surface area contributed by atoms with Crippen LogP contribution in [0.25, 0.3) is 0 Å². The highest BCUT2D eigenvalue weighted by Gasteiger charge is 2.37. The SMILES string of the molecule is CCC(CC)(CC(=O)NCC1CN(C)CCN1C)C(=O)O. The van der Waals surface area contributed by atoms with Crippen molar-refractivity contribution in [2.45, 2.75) is 39.2 Å². The third kappa shape index (κ3) is 4.68. The molecule has 0 aliphatic carbocycles. The third-order valence-corrected chi connectivity index (χ3v) is 4.82. The summed E-state index contributed by atoms with van der Waals surface area (Å²) in [5.41, 5.74) is -0.931. The second-order valence-electron chi connectivity index (χ2n) is 6.17. The van der Waals surface area contributed by atoms with Crippen molar-refractivity contribution in [2.75, 3.05) is 40.3 Å². The summed E-state index contributed by atoms with van der Waals surface area (Å²) in [6, 6.07) is 0.287. The van der Waals surface area contributed by atoms with Crippen molar-refractivity contribution >= 4 is 11.9 Å². The molecule has 1 aliphatic rings. The van der Waals surface area contributed by atoms with Gasteiger partial charge < -0.3 is 15.3 Å². The fourth-order valence-corrected chi connectivity index (χ4v) is 2.80. The molecule has 1 aliphatic heterocycles. The number of nitrogens with zero attached hydrogens (tertiary/aromatic N) is 2. The van der Waals surface area contributed by atoms with Gasteiger partial charge in [-0.05, 0) is 26.9 Å². The van der Waals surface area contributed by atoms with Crippen molar-refractivity contribution in [2.24, 2.45) is 5.41 Å². The molecule has 0 aromatic heterocycles. The van der Waals surface area contributed by atoms with Gasteiger partial charge in [-0.1, -0.05) is 13.8 Å². The third-order valence-electron chi connectivity index (χ3n) is 4.82. The summed E-state index contributed by atoms with van der Waals surface area (Å²) >= 11 is 0. The maximum atomic E-state index is 12.1. The van der Waals surface area contributed by atoms with Crippen LogP contribution in [-0.4, -0.2) is 73.1 Å². The molecule has 1 atom stereocenters. The zero-order valence-electron chi connectivity index (χ0n) is 13.7. The Kier molecular flexibility index (Phi) is 6.61. The van der Waals surface area contributed by atoms with Crippen LogP contribution in [0.5, 0.6) is 0 Å². The molecular weight excluding hydrogens is 270 g/mol. The molecule has 1 fully saturated rings. The number of amides is 1. The number of piperazine rings is 1. The van der Waals surface area contributed by atoms with Crippen LogP contribution < -0.4 is 5.32 Å². The Hall–Kier alpha value is -1.14. The number of rotatable bonds is 7. The summed E-state index contributed by atoms with van der Waals surface area (Å²) in [5.74, 6) is -1.04. The van der Waals surface area contributed by atoms with Crippen LogP contribution in [0.4, 0.5) is 0 Å². The molecular formula is C15H29N3O3. The summed E-state index contributed by atoms with van der Waals surface area (Å²) in [6.07, 6.45) is 0.998. The van der Waals surface area contributed by atoms with Crippen LogP contribution in [0, 0.1) is 5.41 Å². The van der Waals surface area contributed by atoms with E-state index >= 15 is 0 Å². The molecule has 1 heterocycles. The molecule has 0 aromatic rings. The Balaban J connectivity index is 2.51. The van der Waals surface area contributed by atoms with E-state index in [2.05, 4.69) is 29.2 Å². The van der Waals surface area contributed by atoms with E-state index in [1.54, 1.807) is 0 Å². The first-order chi connectivity index (χ1) is 9.84. The van der Waals surface area contributed by atoms with Gasteiger partial charge in [0, 0.05) is 38.6 Å². The Labute approximate surface area is 127 Å². The fraction of sp³-hybridized carbons (Fsp3) is 0.867. The predicted molar refractivity (Wildman–Crippen MR) is 82.2 cm³/mol. The number of hydrogen-bond donors (Lipinski definition) is 2. The smallest absolute Gasteiger partial charge is 0.310 e. The molecule has 0 aromatic carbocycles. The van der Waals surface area contributed by atoms with Crippen molar-refractivity contribution in [3.05, 3.63) is 0 Å². The second kappa shape index (κ2) is 7.75. The van der Waals surface area contributed by atoms with Crippen LogP contribution in [0.3, 0.4) is 0 Å². The highest BCUT2D eigenvalue weighted by molar-refractivity contribution is 5.84. The second-order valence-corrected chi connectivity index (χ2v) is 6.17. The van der Waals surface area contributed by atoms with Gasteiger partial charge in [-0.15, -0.1) is 0 Å². The lowest BCUT2D eigenvalue weighted by Crippen LogP contribution is -2.54. The topological polar surface area (TPSA) is 72.9 Å². The average molecular weight is 299 g/mol. The highest BCUT2D eigenvalue weighted by atomic mass is 16.4. The van der Waals surface area contributed by atoms with Crippen LogP contribution in [0.2, 0.25) is 0 Å². The Morgan fingerprint density at radius 3 is 2.38 bits per heavy atom. The predicted octanol–water partition coefficient (Wildman–Crippen LogP) is 0.630. The molecule has 0 spiro atoms. The zero-order chi connectivity index (χ0) is 16.0. The molecule has 0 radical (unpaired) electrons. The van der Waals surface area contributed by atoms with Crippen LogP contribution >= 0.6 is 0 Å². The minimum absolute atomic E-state index is 0.0571. The van der Waals surface area contributed by atoms with Gasteiger partial charge in [-0.3, -0.25) is 14.5 Å². The van der Waals surface area contributed by atoms with Crippen molar-refractivity contribution < 1.29 is 14.7 Å². The number of carbonyl (C=O) groups excluding carboxylic acids is 1. The molecule has 1 unspecified atom stereocenters. The molecule has 6 nitrogen and oxygen atoms in total. The quantitative estimate of drug-likeness (QED) is 0.721. The number of hydrogen-bond acceptors (Lipinski definition) is 4. The molecule has 1 saturated heterocycles. The monoisotopic (exact) mass is 299 g/mol. The first kappa shape index (κ1) is 17.9. The summed E-state index contributed by atoms with van der Waals surface area (Å²) in [4.78, 5) is 28.0. The largest absolute Gasteiger partial charge is 0.481 e. The van der Waals surface area contributed by atoms with Crippen LogP contribution in [-0.2, 0) is 9.59 Å². The standard InChI is InChI=1S/C15H29N3O3/c1-5-15(6-2,14(20)21)9-13(19)16-10-12-11-17(3)7-8-18(12)4/h12H,5-11H2,1-4H3,(H,16,19)(H,20,21). The molecule has 1 amide bonds. The number of aliphatic carboxylic acids is 1. The van der Waals surface area contributed by atoms with Gasteiger partial charge in [0.2, 0.25) is 5.91 Å². The van der Waals surface area contributed by atoms with Gasteiger partial charge in [0.25, 0.3) is 0 Å². The Bertz CT molecular complexity index is 369. The first-order valence-electron chi connectivity index (χ1n) is 7.73. The van der Waals surface area contributed by atoms with Gasteiger partial charge in [-0.25, -0.2) is 0 Å². The highest BCUT2D eigenvalue weighted by Crippen LogP contribution is 2.30. The molecule has 122 valence electrons. The minimum Gasteiger partial charge on any atom is -0.481 e. The van der Waals surface area contributed by atoms with E-state index in [0.717, 1.165) is 19.6 Å². The molecule has 6 heteroatoms. The van der Waals surface area contributed by atoms with E-state index in [9.17, 15) is 14.7 Å². The molecule has 0 saturated carbocycles. The van der Waals surface area contributed by atoms with Gasteiger partial charge in [0.05, 0.1) is 5.41 Å². The fourth-order valence-electron chi connectivity index (χ4n) is 2.80. The Morgan fingerprint density at radius 1 is 1.24 bits per heavy atom. The van der Waals surface area contributed by atoms with E-state index < -0.39 is 11.4 Å². The van der Waals surface area contributed by atoms with E-state index in [1.165, 1.54) is 0 Å². The minimum atomic E-state index is -0.931. The maximum absolute atomic E-state index is 12.1. The van der Waals surface area contributed by atoms with Crippen molar-refractivity contribution in [3.63, 3.8) is 0 Å². The summed E-state index contributed by atoms with van der Waals surface area (Å²) in [7, 11) is 4.13. The van der Waals surface area contributed by atoms with Crippen molar-refractivity contribution in [3.8, 4) is 0 Å². The molecule has 21 heavy (non-hydrogen) atoms. The van der Waals surface area contributed by atoms with Gasteiger partial charge in [0.15, 0.2) is 0 Å². The molecule has 2 N–H and O–H groups in total. The molecule has 0 bridgehead atoms. The van der Waals surface area contributed by atoms with Crippen LogP contribution in [0.1, 0.15) is 33.1 Å². The van der Waals surface area contributed by atoms with E-state index in [-0.39, 0.29) is 18.4 Å². The molecule has 1 rings (SSSR count). The van der Waals surface area contributed by atoms with E-state index in [1.807, 2.05) is 13.8 Å². The lowest BCUT2D eigenvalue weighted by atomic mass is 9.79. The lowest BCUT2D eigenvalue weighted by molar-refractivity contribution is -0.152. The van der Waals surface area contributed by atoms with E-state index in [4.69, 9.17) is 0 Å². The number of likely N-dealkylation sites (N-methyl/N-ethyl adjacent to an activating group) is 2. The Morgan fingerprint density at radius 2 is 1.86 bits per heavy atom. The summed E-state index contributed by atoms with van der Waals surface area (Å²) in [5, 5.41) is 12.3. The number of carboxylic acid groups (broad SMARTS) is 1. The normalized spacial score (nSPS) is 21.2. The van der Waals surface area contributed by atoms with Gasteiger partial charge in [-0.2, -0.15) is 0 Å². The maximum Gasteiger partial charge on any atom is 0.310 e. The van der Waals surface area contributed by atoms with Gasteiger partial charge in [0.1, 0.15) is 0 Å². The summed E-state index contributed by atoms with van der Waals surface area (Å²) in [6.45, 7) is 7.17. The number of carbonyl (C=O) groups is 2. The van der Waals surface area contributed by atoms with Gasteiger partial charge >= 0.3 is 5.97 Å². The number of carboxylic acids is 1. The lowest BCUT2D eigenvalue weighted by Gasteiger charge is -2.37.